The quantitative estimate of drug-likeness (QED) is 0.631. The van der Waals surface area contributed by atoms with E-state index in [1.54, 1.807) is 7.11 Å². The molecule has 0 amide bonds. The van der Waals surface area contributed by atoms with Gasteiger partial charge in [0, 0.05) is 13.7 Å². The molecule has 4 nitrogen and oxygen atoms in total. The summed E-state index contributed by atoms with van der Waals surface area (Å²) in [6, 6.07) is 0. The van der Waals surface area contributed by atoms with E-state index in [0.29, 0.717) is 26.4 Å². The summed E-state index contributed by atoms with van der Waals surface area (Å²) in [4.78, 5) is 0. The Labute approximate surface area is 79.1 Å². The number of hydrogen-bond donors (Lipinski definition) is 0. The van der Waals surface area contributed by atoms with Crippen molar-refractivity contribution < 1.29 is 18.9 Å². The van der Waals surface area contributed by atoms with E-state index in [2.05, 4.69) is 0 Å². The highest BCUT2D eigenvalue weighted by Gasteiger charge is 2.22. The summed E-state index contributed by atoms with van der Waals surface area (Å²) in [5.74, 6) is 0. The molecule has 1 aliphatic rings. The molecule has 1 saturated heterocycles. The highest BCUT2D eigenvalue weighted by Crippen LogP contribution is 2.08. The van der Waals surface area contributed by atoms with Crippen molar-refractivity contribution in [1.82, 2.24) is 0 Å². The third-order valence-corrected chi connectivity index (χ3v) is 1.85. The van der Waals surface area contributed by atoms with Crippen molar-refractivity contribution in [2.24, 2.45) is 0 Å². The number of rotatable bonds is 5. The Morgan fingerprint density at radius 3 is 2.54 bits per heavy atom. The summed E-state index contributed by atoms with van der Waals surface area (Å²) in [7, 11) is 1.66. The fourth-order valence-electron chi connectivity index (χ4n) is 1.29. The van der Waals surface area contributed by atoms with Crippen LogP contribution in [0.15, 0.2) is 0 Å². The summed E-state index contributed by atoms with van der Waals surface area (Å²) < 4.78 is 21.3. The Morgan fingerprint density at radius 1 is 1.23 bits per heavy atom. The van der Waals surface area contributed by atoms with Gasteiger partial charge >= 0.3 is 0 Å². The minimum Gasteiger partial charge on any atom is -0.382 e. The number of methoxy groups -OCH3 is 1. The van der Waals surface area contributed by atoms with Gasteiger partial charge in [-0.3, -0.25) is 0 Å². The molecule has 0 spiro atoms. The van der Waals surface area contributed by atoms with Crippen LogP contribution in [0.25, 0.3) is 0 Å². The molecule has 1 fully saturated rings. The first-order valence-electron chi connectivity index (χ1n) is 4.66. The van der Waals surface area contributed by atoms with E-state index < -0.39 is 0 Å². The van der Waals surface area contributed by atoms with Gasteiger partial charge in [0.1, 0.15) is 12.2 Å². The van der Waals surface area contributed by atoms with Crippen LogP contribution in [-0.2, 0) is 18.9 Å². The highest BCUT2D eigenvalue weighted by atomic mass is 16.6. The van der Waals surface area contributed by atoms with E-state index in [9.17, 15) is 0 Å². The van der Waals surface area contributed by atoms with Gasteiger partial charge < -0.3 is 18.9 Å². The van der Waals surface area contributed by atoms with Crippen molar-refractivity contribution >= 4 is 0 Å². The molecule has 1 heterocycles. The monoisotopic (exact) mass is 190 g/mol. The zero-order valence-corrected chi connectivity index (χ0v) is 8.32. The van der Waals surface area contributed by atoms with Gasteiger partial charge in [0.25, 0.3) is 0 Å². The molecule has 13 heavy (non-hydrogen) atoms. The maximum atomic E-state index is 5.65. The molecule has 0 saturated carbocycles. The Kier molecular flexibility index (Phi) is 5.31. The molecule has 1 rings (SSSR count). The first-order valence-corrected chi connectivity index (χ1v) is 4.66. The van der Waals surface area contributed by atoms with Crippen LogP contribution in [0.5, 0.6) is 0 Å². The Balaban J connectivity index is 2.16. The standard InChI is InChI=1S/C9H18O4/c1-3-11-5-9-7-12-6-8(13-9)4-10-2/h8-9H,3-7H2,1-2H3. The van der Waals surface area contributed by atoms with Crippen LogP contribution in [0.4, 0.5) is 0 Å². The van der Waals surface area contributed by atoms with E-state index >= 15 is 0 Å². The molecule has 0 aromatic carbocycles. The van der Waals surface area contributed by atoms with Crippen LogP contribution in [0.3, 0.4) is 0 Å². The maximum Gasteiger partial charge on any atom is 0.105 e. The third-order valence-electron chi connectivity index (χ3n) is 1.85. The van der Waals surface area contributed by atoms with E-state index in [0.717, 1.165) is 6.61 Å². The number of ether oxygens (including phenoxy) is 4. The average molecular weight is 190 g/mol. The zero-order valence-electron chi connectivity index (χ0n) is 8.32. The zero-order chi connectivity index (χ0) is 9.52. The predicted octanol–water partition coefficient (Wildman–Crippen LogP) is 0.453. The van der Waals surface area contributed by atoms with Crippen LogP contribution >= 0.6 is 0 Å². The van der Waals surface area contributed by atoms with Crippen LogP contribution in [-0.4, -0.2) is 52.4 Å². The van der Waals surface area contributed by atoms with Crippen LogP contribution < -0.4 is 0 Å². The maximum absolute atomic E-state index is 5.65. The van der Waals surface area contributed by atoms with Crippen molar-refractivity contribution in [3.05, 3.63) is 0 Å². The largest absolute Gasteiger partial charge is 0.382 e. The summed E-state index contributed by atoms with van der Waals surface area (Å²) in [5, 5.41) is 0. The van der Waals surface area contributed by atoms with Crippen molar-refractivity contribution in [3.8, 4) is 0 Å². The lowest BCUT2D eigenvalue weighted by Crippen LogP contribution is -2.40. The topological polar surface area (TPSA) is 36.9 Å². The van der Waals surface area contributed by atoms with Gasteiger partial charge in [0.2, 0.25) is 0 Å². The van der Waals surface area contributed by atoms with Gasteiger partial charge in [0.15, 0.2) is 0 Å². The molecule has 2 unspecified atom stereocenters. The van der Waals surface area contributed by atoms with Crippen molar-refractivity contribution in [1.29, 1.82) is 0 Å². The summed E-state index contributed by atoms with van der Waals surface area (Å²) in [6.07, 6.45) is 0.123. The molecule has 1 aliphatic heterocycles. The van der Waals surface area contributed by atoms with Gasteiger partial charge in [-0.1, -0.05) is 0 Å². The summed E-state index contributed by atoms with van der Waals surface area (Å²) in [5.41, 5.74) is 0. The van der Waals surface area contributed by atoms with Crippen LogP contribution in [0, 0.1) is 0 Å². The Bertz CT molecular complexity index is 127. The predicted molar refractivity (Wildman–Crippen MR) is 47.8 cm³/mol. The lowest BCUT2D eigenvalue weighted by molar-refractivity contribution is -0.169. The molecule has 0 aromatic rings. The molecule has 0 bridgehead atoms. The molecule has 2 atom stereocenters. The molecule has 0 radical (unpaired) electrons. The molecular weight excluding hydrogens is 172 g/mol. The first-order chi connectivity index (χ1) is 6.36. The van der Waals surface area contributed by atoms with Crippen molar-refractivity contribution in [2.75, 3.05) is 40.1 Å². The SMILES string of the molecule is CCOCC1COCC(COC)O1. The van der Waals surface area contributed by atoms with Gasteiger partial charge in [0.05, 0.1) is 26.4 Å². The first kappa shape index (κ1) is 10.9. The second-order valence-corrected chi connectivity index (χ2v) is 3.03. The third kappa shape index (κ3) is 4.04. The molecular formula is C9H18O4. The van der Waals surface area contributed by atoms with Gasteiger partial charge in [-0.2, -0.15) is 0 Å². The number of hydrogen-bond acceptors (Lipinski definition) is 4. The van der Waals surface area contributed by atoms with E-state index in [1.807, 2.05) is 6.92 Å². The lowest BCUT2D eigenvalue weighted by atomic mass is 10.3. The Hall–Kier alpha value is -0.160. The second kappa shape index (κ2) is 6.32. The van der Waals surface area contributed by atoms with Crippen LogP contribution in [0.1, 0.15) is 6.92 Å². The van der Waals surface area contributed by atoms with Gasteiger partial charge in [-0.25, -0.2) is 0 Å². The summed E-state index contributed by atoms with van der Waals surface area (Å²) in [6.45, 7) is 5.13. The average Bonchev–Trinajstić information content (AvgIpc) is 2.16. The minimum atomic E-state index is 0.0595. The molecule has 4 heteroatoms. The van der Waals surface area contributed by atoms with E-state index in [-0.39, 0.29) is 12.2 Å². The van der Waals surface area contributed by atoms with E-state index in [1.165, 1.54) is 0 Å². The molecule has 0 N–H and O–H groups in total. The van der Waals surface area contributed by atoms with Crippen LogP contribution in [0.2, 0.25) is 0 Å². The lowest BCUT2D eigenvalue weighted by Gasteiger charge is -2.29. The molecule has 0 aromatic heterocycles. The molecule has 78 valence electrons. The van der Waals surface area contributed by atoms with Gasteiger partial charge in [-0.05, 0) is 6.92 Å². The van der Waals surface area contributed by atoms with Crippen molar-refractivity contribution in [2.45, 2.75) is 19.1 Å². The smallest absolute Gasteiger partial charge is 0.105 e. The second-order valence-electron chi connectivity index (χ2n) is 3.03. The summed E-state index contributed by atoms with van der Waals surface area (Å²) >= 11 is 0. The highest BCUT2D eigenvalue weighted by molar-refractivity contribution is 4.67. The Morgan fingerprint density at radius 2 is 1.92 bits per heavy atom. The normalized spacial score (nSPS) is 29.1. The van der Waals surface area contributed by atoms with Crippen molar-refractivity contribution in [3.63, 3.8) is 0 Å². The van der Waals surface area contributed by atoms with E-state index in [4.69, 9.17) is 18.9 Å². The minimum absolute atomic E-state index is 0.0595. The molecule has 0 aliphatic carbocycles. The fourth-order valence-corrected chi connectivity index (χ4v) is 1.29. The fraction of sp³-hybridized carbons (Fsp3) is 1.00. The van der Waals surface area contributed by atoms with Gasteiger partial charge in [-0.15, -0.1) is 0 Å².